The number of allylic oxidation sites excluding steroid dienone is 14. The monoisotopic (exact) mass is 933 g/mol. The molecule has 0 heterocycles. The number of carbonyl (C=O) groups is 3. The molecule has 0 rings (SSSR count). The first-order chi connectivity index (χ1) is 33.0. The Morgan fingerprint density at radius 2 is 0.582 bits per heavy atom. The maximum Gasteiger partial charge on any atom is 0.306 e. The van der Waals surface area contributed by atoms with Crippen LogP contribution in [0.2, 0.25) is 0 Å². The fourth-order valence-electron chi connectivity index (χ4n) is 7.68. The smallest absolute Gasteiger partial charge is 0.306 e. The van der Waals surface area contributed by atoms with E-state index in [9.17, 15) is 14.4 Å². The van der Waals surface area contributed by atoms with Gasteiger partial charge in [0.05, 0.1) is 0 Å². The Morgan fingerprint density at radius 1 is 0.313 bits per heavy atom. The molecule has 0 aromatic rings. The molecule has 1 atom stereocenters. The summed E-state index contributed by atoms with van der Waals surface area (Å²) in [5.41, 5.74) is 0. The third-order valence-electron chi connectivity index (χ3n) is 11.9. The molecule has 0 spiro atoms. The van der Waals surface area contributed by atoms with Crippen LogP contribution in [0.25, 0.3) is 0 Å². The van der Waals surface area contributed by atoms with Gasteiger partial charge in [-0.2, -0.15) is 0 Å². The third kappa shape index (κ3) is 53.4. The largest absolute Gasteiger partial charge is 0.462 e. The lowest BCUT2D eigenvalue weighted by Crippen LogP contribution is -2.30. The molecule has 6 heteroatoms. The number of rotatable bonds is 50. The highest BCUT2D eigenvalue weighted by Crippen LogP contribution is 2.15. The Balaban J connectivity index is 4.10. The summed E-state index contributed by atoms with van der Waals surface area (Å²) in [6, 6.07) is 0. The van der Waals surface area contributed by atoms with Gasteiger partial charge in [-0.15, -0.1) is 0 Å². The summed E-state index contributed by atoms with van der Waals surface area (Å²) in [6.07, 6.45) is 71.9. The van der Waals surface area contributed by atoms with Crippen LogP contribution in [0.1, 0.15) is 265 Å². The highest BCUT2D eigenvalue weighted by Gasteiger charge is 2.19. The number of unbranched alkanes of at least 4 members (excludes halogenated alkanes) is 25. The van der Waals surface area contributed by atoms with Gasteiger partial charge in [-0.05, 0) is 96.3 Å². The number of esters is 3. The Bertz CT molecular complexity index is 1300. The lowest BCUT2D eigenvalue weighted by molar-refractivity contribution is -0.167. The fourth-order valence-corrected chi connectivity index (χ4v) is 7.68. The van der Waals surface area contributed by atoms with Crippen molar-refractivity contribution in [2.24, 2.45) is 0 Å². The van der Waals surface area contributed by atoms with Crippen LogP contribution in [0.4, 0.5) is 0 Å². The van der Waals surface area contributed by atoms with E-state index in [0.717, 1.165) is 116 Å². The van der Waals surface area contributed by atoms with Crippen LogP contribution in [0.3, 0.4) is 0 Å². The minimum atomic E-state index is -0.786. The first-order valence-electron chi connectivity index (χ1n) is 28.1. The van der Waals surface area contributed by atoms with E-state index in [2.05, 4.69) is 106 Å². The average molecular weight is 933 g/mol. The van der Waals surface area contributed by atoms with E-state index >= 15 is 0 Å². The van der Waals surface area contributed by atoms with Gasteiger partial charge in [0.25, 0.3) is 0 Å². The SMILES string of the molecule is CC/C=C\C/C=C\C/C=C\C/C=C\CCCCCCC(=O)OC(COC(=O)CCCCCCC)COC(=O)CCCCCCCCCCCCCC/C=C\C/C=C\C/C=C\CCCCCCC. The first-order valence-corrected chi connectivity index (χ1v) is 28.1. The topological polar surface area (TPSA) is 78.9 Å². The van der Waals surface area contributed by atoms with Gasteiger partial charge in [0.1, 0.15) is 13.2 Å². The lowest BCUT2D eigenvalue weighted by Gasteiger charge is -2.18. The normalized spacial score (nSPS) is 12.7. The van der Waals surface area contributed by atoms with Gasteiger partial charge < -0.3 is 14.2 Å². The highest BCUT2D eigenvalue weighted by molar-refractivity contribution is 5.71. The van der Waals surface area contributed by atoms with E-state index in [1.54, 1.807) is 0 Å². The summed E-state index contributed by atoms with van der Waals surface area (Å²) in [7, 11) is 0. The average Bonchev–Trinajstić information content (AvgIpc) is 3.33. The van der Waals surface area contributed by atoms with Crippen molar-refractivity contribution in [1.29, 1.82) is 0 Å². The standard InChI is InChI=1S/C61H104O6/c1-4-7-10-13-15-17-19-21-23-25-26-27-28-29-30-31-32-33-34-36-37-39-41-43-45-48-51-54-60(63)66-57-58(56-65-59(62)53-50-47-12-9-6-3)67-61(64)55-52-49-46-44-42-40-38-35-24-22-20-18-16-14-11-8-5-2/h8,11,16,18-19,21-22,24-26,28-29,38,40,58H,4-7,9-10,12-15,17,20,23,27,30-37,39,41-57H2,1-3H3/b11-8-,18-16-,21-19-,24-22-,26-25-,29-28-,40-38-. The van der Waals surface area contributed by atoms with Gasteiger partial charge in [0.15, 0.2) is 6.10 Å². The van der Waals surface area contributed by atoms with E-state index in [4.69, 9.17) is 14.2 Å². The molecule has 0 saturated heterocycles. The summed E-state index contributed by atoms with van der Waals surface area (Å²) in [4.78, 5) is 37.7. The molecule has 1 unspecified atom stereocenters. The van der Waals surface area contributed by atoms with Gasteiger partial charge in [-0.25, -0.2) is 0 Å². The molecule has 0 N–H and O–H groups in total. The van der Waals surface area contributed by atoms with Crippen molar-refractivity contribution in [2.75, 3.05) is 13.2 Å². The van der Waals surface area contributed by atoms with Crippen molar-refractivity contribution in [3.05, 3.63) is 85.1 Å². The fraction of sp³-hybridized carbons (Fsp3) is 0.721. The van der Waals surface area contributed by atoms with Crippen LogP contribution >= 0.6 is 0 Å². The molecule has 0 radical (unpaired) electrons. The molecular formula is C61H104O6. The van der Waals surface area contributed by atoms with E-state index in [1.807, 2.05) is 0 Å². The van der Waals surface area contributed by atoms with Crippen LogP contribution in [0.15, 0.2) is 85.1 Å². The van der Waals surface area contributed by atoms with Crippen molar-refractivity contribution < 1.29 is 28.6 Å². The summed E-state index contributed by atoms with van der Waals surface area (Å²) < 4.78 is 16.7. The zero-order valence-electron chi connectivity index (χ0n) is 43.9. The predicted molar refractivity (Wildman–Crippen MR) is 288 cm³/mol. The van der Waals surface area contributed by atoms with Crippen molar-refractivity contribution in [2.45, 2.75) is 271 Å². The van der Waals surface area contributed by atoms with E-state index in [1.165, 1.54) is 109 Å². The second-order valence-corrected chi connectivity index (χ2v) is 18.5. The maximum atomic E-state index is 12.7. The molecule has 0 fully saturated rings. The molecule has 0 bridgehead atoms. The zero-order valence-corrected chi connectivity index (χ0v) is 43.9. The van der Waals surface area contributed by atoms with Crippen LogP contribution in [-0.2, 0) is 28.6 Å². The van der Waals surface area contributed by atoms with Crippen molar-refractivity contribution in [3.8, 4) is 0 Å². The van der Waals surface area contributed by atoms with Crippen molar-refractivity contribution >= 4 is 17.9 Å². The summed E-state index contributed by atoms with van der Waals surface area (Å²) >= 11 is 0. The van der Waals surface area contributed by atoms with Crippen molar-refractivity contribution in [1.82, 2.24) is 0 Å². The molecular weight excluding hydrogens is 829 g/mol. The molecule has 0 saturated carbocycles. The predicted octanol–water partition coefficient (Wildman–Crippen LogP) is 18.8. The second-order valence-electron chi connectivity index (χ2n) is 18.5. The molecule has 0 aromatic heterocycles. The van der Waals surface area contributed by atoms with Crippen LogP contribution in [0.5, 0.6) is 0 Å². The molecule has 0 aliphatic heterocycles. The molecule has 0 aliphatic rings. The molecule has 384 valence electrons. The Morgan fingerprint density at radius 3 is 0.910 bits per heavy atom. The van der Waals surface area contributed by atoms with Crippen molar-refractivity contribution in [3.63, 3.8) is 0 Å². The van der Waals surface area contributed by atoms with Crippen LogP contribution in [0, 0.1) is 0 Å². The van der Waals surface area contributed by atoms with Gasteiger partial charge >= 0.3 is 17.9 Å². The van der Waals surface area contributed by atoms with Gasteiger partial charge in [-0.1, -0.05) is 234 Å². The summed E-state index contributed by atoms with van der Waals surface area (Å²) in [5, 5.41) is 0. The van der Waals surface area contributed by atoms with E-state index in [0.29, 0.717) is 19.3 Å². The number of hydrogen-bond donors (Lipinski definition) is 0. The van der Waals surface area contributed by atoms with Gasteiger partial charge in [0.2, 0.25) is 0 Å². The maximum absolute atomic E-state index is 12.7. The summed E-state index contributed by atoms with van der Waals surface area (Å²) in [5.74, 6) is -0.925. The van der Waals surface area contributed by atoms with Gasteiger partial charge in [-0.3, -0.25) is 14.4 Å². The molecule has 67 heavy (non-hydrogen) atoms. The molecule has 6 nitrogen and oxygen atoms in total. The zero-order chi connectivity index (χ0) is 48.6. The molecule has 0 aliphatic carbocycles. The Hall–Kier alpha value is -3.41. The molecule has 0 aromatic carbocycles. The Labute approximate surface area is 414 Å². The number of ether oxygens (including phenoxy) is 3. The van der Waals surface area contributed by atoms with E-state index < -0.39 is 6.10 Å². The minimum absolute atomic E-state index is 0.0874. The quantitative estimate of drug-likeness (QED) is 0.0262. The first kappa shape index (κ1) is 63.6. The Kier molecular flexibility index (Phi) is 52.4. The summed E-state index contributed by atoms with van der Waals surface area (Å²) in [6.45, 7) is 6.41. The number of carbonyl (C=O) groups excluding carboxylic acids is 3. The second kappa shape index (κ2) is 55.2. The van der Waals surface area contributed by atoms with Gasteiger partial charge in [0, 0.05) is 19.3 Å². The van der Waals surface area contributed by atoms with Crippen LogP contribution < -0.4 is 0 Å². The highest BCUT2D eigenvalue weighted by atomic mass is 16.6. The third-order valence-corrected chi connectivity index (χ3v) is 11.9. The molecule has 0 amide bonds. The van der Waals surface area contributed by atoms with Crippen LogP contribution in [-0.4, -0.2) is 37.2 Å². The lowest BCUT2D eigenvalue weighted by atomic mass is 10.0. The number of hydrogen-bond acceptors (Lipinski definition) is 6. The van der Waals surface area contributed by atoms with E-state index in [-0.39, 0.29) is 31.1 Å². The minimum Gasteiger partial charge on any atom is -0.462 e.